The molecule has 0 atom stereocenters. The third kappa shape index (κ3) is 3.09. The van der Waals surface area contributed by atoms with E-state index in [0.29, 0.717) is 30.0 Å². The van der Waals surface area contributed by atoms with Crippen LogP contribution >= 0.6 is 0 Å². The Hall–Kier alpha value is -2.37. The molecule has 0 spiro atoms. The summed E-state index contributed by atoms with van der Waals surface area (Å²) < 4.78 is 0. The quantitative estimate of drug-likeness (QED) is 0.801. The topological polar surface area (TPSA) is 101 Å². The summed E-state index contributed by atoms with van der Waals surface area (Å²) in [4.78, 5) is 16.9. The molecule has 0 aliphatic rings. The summed E-state index contributed by atoms with van der Waals surface area (Å²) >= 11 is 0. The van der Waals surface area contributed by atoms with E-state index in [-0.39, 0.29) is 0 Å². The van der Waals surface area contributed by atoms with Gasteiger partial charge in [-0.15, -0.1) is 0 Å². The fourth-order valence-corrected chi connectivity index (χ4v) is 1.89. The van der Waals surface area contributed by atoms with Crippen LogP contribution in [0.15, 0.2) is 12.4 Å². The van der Waals surface area contributed by atoms with Gasteiger partial charge < -0.3 is 11.1 Å². The van der Waals surface area contributed by atoms with Gasteiger partial charge in [0, 0.05) is 18.6 Å². The lowest BCUT2D eigenvalue weighted by Crippen LogP contribution is -2.09. The Bertz CT molecular complexity index is 608. The molecule has 0 aliphatic heterocycles. The van der Waals surface area contributed by atoms with Gasteiger partial charge in [0.25, 0.3) is 0 Å². The van der Waals surface area contributed by atoms with E-state index in [1.165, 1.54) is 6.21 Å². The Morgan fingerprint density at radius 3 is 2.63 bits per heavy atom. The van der Waals surface area contributed by atoms with Gasteiger partial charge in [0.15, 0.2) is 0 Å². The van der Waals surface area contributed by atoms with Gasteiger partial charge in [-0.1, -0.05) is 0 Å². The normalized spacial score (nSPS) is 10.4. The zero-order valence-corrected chi connectivity index (χ0v) is 11.0. The highest BCUT2D eigenvalue weighted by atomic mass is 14.9. The molecule has 19 heavy (non-hydrogen) atoms. The van der Waals surface area contributed by atoms with E-state index in [0.717, 1.165) is 17.1 Å². The minimum absolute atomic E-state index is 0.354. The van der Waals surface area contributed by atoms with Crippen molar-refractivity contribution in [3.63, 3.8) is 0 Å². The standard InChI is InChI=1S/C13H16N6/c1-8-6-16-7-10(17-8)3-4-12-11(5-14)13(15)19-9(2)18-12/h5-7,14H,3-4H2,1-2H3,(H2,15,18,19). The van der Waals surface area contributed by atoms with Crippen molar-refractivity contribution in [3.8, 4) is 0 Å². The van der Waals surface area contributed by atoms with Crippen molar-refractivity contribution in [1.29, 1.82) is 5.41 Å². The minimum Gasteiger partial charge on any atom is -0.383 e. The molecule has 0 aromatic carbocycles. The molecule has 0 saturated carbocycles. The van der Waals surface area contributed by atoms with Crippen LogP contribution in [0.4, 0.5) is 5.82 Å². The van der Waals surface area contributed by atoms with Crippen LogP contribution in [0.1, 0.15) is 28.5 Å². The van der Waals surface area contributed by atoms with Crippen molar-refractivity contribution in [3.05, 3.63) is 40.9 Å². The number of nitrogens with two attached hydrogens (primary N) is 1. The number of hydrogen-bond donors (Lipinski definition) is 2. The summed E-state index contributed by atoms with van der Waals surface area (Å²) in [5, 5.41) is 7.40. The smallest absolute Gasteiger partial charge is 0.136 e. The predicted molar refractivity (Wildman–Crippen MR) is 73.2 cm³/mol. The molecule has 2 aromatic heterocycles. The van der Waals surface area contributed by atoms with Crippen LogP contribution < -0.4 is 5.73 Å². The van der Waals surface area contributed by atoms with Crippen molar-refractivity contribution in [2.45, 2.75) is 26.7 Å². The Balaban J connectivity index is 2.22. The molecule has 0 amide bonds. The Morgan fingerprint density at radius 2 is 1.95 bits per heavy atom. The van der Waals surface area contributed by atoms with E-state index in [1.807, 2.05) is 6.92 Å². The molecule has 0 fully saturated rings. The lowest BCUT2D eigenvalue weighted by atomic mass is 10.1. The van der Waals surface area contributed by atoms with Crippen molar-refractivity contribution < 1.29 is 0 Å². The third-order valence-corrected chi connectivity index (χ3v) is 2.73. The zero-order valence-electron chi connectivity index (χ0n) is 11.0. The van der Waals surface area contributed by atoms with E-state index in [9.17, 15) is 0 Å². The maximum atomic E-state index is 7.40. The first-order valence-electron chi connectivity index (χ1n) is 6.01. The molecule has 0 unspecified atom stereocenters. The van der Waals surface area contributed by atoms with Gasteiger partial charge in [-0.05, 0) is 26.7 Å². The summed E-state index contributed by atoms with van der Waals surface area (Å²) in [6.07, 6.45) is 6.04. The summed E-state index contributed by atoms with van der Waals surface area (Å²) in [5.74, 6) is 0.973. The molecule has 3 N–H and O–H groups in total. The highest BCUT2D eigenvalue weighted by Gasteiger charge is 2.09. The number of aromatic nitrogens is 4. The van der Waals surface area contributed by atoms with Crippen LogP contribution in [0.5, 0.6) is 0 Å². The van der Waals surface area contributed by atoms with E-state index in [2.05, 4.69) is 19.9 Å². The molecule has 0 aliphatic carbocycles. The number of hydrogen-bond acceptors (Lipinski definition) is 6. The second kappa shape index (κ2) is 5.51. The fourth-order valence-electron chi connectivity index (χ4n) is 1.89. The molecule has 6 nitrogen and oxygen atoms in total. The summed E-state index contributed by atoms with van der Waals surface area (Å²) in [7, 11) is 0. The molecule has 2 rings (SSSR count). The maximum absolute atomic E-state index is 7.40. The van der Waals surface area contributed by atoms with Crippen LogP contribution in [0.25, 0.3) is 0 Å². The van der Waals surface area contributed by atoms with Gasteiger partial charge >= 0.3 is 0 Å². The summed E-state index contributed by atoms with van der Waals surface area (Å²) in [5.41, 5.74) is 8.97. The molecule has 2 aromatic rings. The summed E-state index contributed by atoms with van der Waals surface area (Å²) in [6, 6.07) is 0. The number of nitrogens with zero attached hydrogens (tertiary/aromatic N) is 4. The molecule has 0 bridgehead atoms. The number of nitrogen functional groups attached to an aromatic ring is 1. The maximum Gasteiger partial charge on any atom is 0.136 e. The highest BCUT2D eigenvalue weighted by Crippen LogP contribution is 2.13. The van der Waals surface area contributed by atoms with Crippen molar-refractivity contribution in [2.24, 2.45) is 0 Å². The van der Waals surface area contributed by atoms with Crippen LogP contribution in [0, 0.1) is 19.3 Å². The van der Waals surface area contributed by atoms with Crippen LogP contribution in [-0.2, 0) is 12.8 Å². The molecule has 0 saturated heterocycles. The van der Waals surface area contributed by atoms with Gasteiger partial charge in [-0.25, -0.2) is 9.97 Å². The van der Waals surface area contributed by atoms with Gasteiger partial charge in [0.05, 0.1) is 22.6 Å². The van der Waals surface area contributed by atoms with Crippen molar-refractivity contribution in [2.75, 3.05) is 5.73 Å². The van der Waals surface area contributed by atoms with Crippen molar-refractivity contribution in [1.82, 2.24) is 19.9 Å². The molecule has 98 valence electrons. The van der Waals surface area contributed by atoms with Gasteiger partial charge in [-0.3, -0.25) is 9.97 Å². The van der Waals surface area contributed by atoms with Crippen LogP contribution in [0.3, 0.4) is 0 Å². The number of rotatable bonds is 4. The molecular formula is C13H16N6. The summed E-state index contributed by atoms with van der Waals surface area (Å²) in [6.45, 7) is 3.70. The third-order valence-electron chi connectivity index (χ3n) is 2.73. The van der Waals surface area contributed by atoms with E-state index in [1.54, 1.807) is 19.3 Å². The first-order valence-corrected chi connectivity index (χ1v) is 6.01. The molecule has 6 heteroatoms. The number of nitrogens with one attached hydrogen (secondary N) is 1. The SMILES string of the molecule is Cc1cncc(CCc2nc(C)nc(N)c2C=N)n1. The van der Waals surface area contributed by atoms with Gasteiger partial charge in [0.1, 0.15) is 11.6 Å². The second-order valence-electron chi connectivity index (χ2n) is 4.31. The second-order valence-corrected chi connectivity index (χ2v) is 4.31. The van der Waals surface area contributed by atoms with E-state index >= 15 is 0 Å². The first kappa shape index (κ1) is 13.1. The Morgan fingerprint density at radius 1 is 1.16 bits per heavy atom. The Labute approximate surface area is 111 Å². The highest BCUT2D eigenvalue weighted by molar-refractivity contribution is 5.84. The van der Waals surface area contributed by atoms with Gasteiger partial charge in [0.2, 0.25) is 0 Å². The average Bonchev–Trinajstić information content (AvgIpc) is 2.36. The first-order chi connectivity index (χ1) is 9.10. The average molecular weight is 256 g/mol. The molecular weight excluding hydrogens is 240 g/mol. The van der Waals surface area contributed by atoms with Crippen LogP contribution in [0.2, 0.25) is 0 Å². The molecule has 0 radical (unpaired) electrons. The van der Waals surface area contributed by atoms with Gasteiger partial charge in [-0.2, -0.15) is 0 Å². The predicted octanol–water partition coefficient (Wildman–Crippen LogP) is 1.25. The van der Waals surface area contributed by atoms with Crippen molar-refractivity contribution >= 4 is 12.0 Å². The largest absolute Gasteiger partial charge is 0.383 e. The minimum atomic E-state index is 0.354. The zero-order chi connectivity index (χ0) is 13.8. The van der Waals surface area contributed by atoms with Crippen LogP contribution in [-0.4, -0.2) is 26.2 Å². The number of aryl methyl sites for hydroxylation is 4. The number of anilines is 1. The fraction of sp³-hybridized carbons (Fsp3) is 0.308. The lowest BCUT2D eigenvalue weighted by molar-refractivity contribution is 0.841. The van der Waals surface area contributed by atoms with E-state index < -0.39 is 0 Å². The van der Waals surface area contributed by atoms with E-state index in [4.69, 9.17) is 11.1 Å². The lowest BCUT2D eigenvalue weighted by Gasteiger charge is -2.08. The monoisotopic (exact) mass is 256 g/mol. The Kier molecular flexibility index (Phi) is 3.79. The molecule has 2 heterocycles.